The third-order valence-electron chi connectivity index (χ3n) is 12.5. The first-order valence-electron chi connectivity index (χ1n) is 29.5. The lowest BCUT2D eigenvalue weighted by molar-refractivity contribution is -0.167. The molecular formula is C65H108O6. The number of carbonyl (C=O) groups is 3. The van der Waals surface area contributed by atoms with Gasteiger partial charge in [0.15, 0.2) is 6.10 Å². The number of allylic oxidation sites excluding steroid dienone is 18. The molecule has 71 heavy (non-hydrogen) atoms. The fraction of sp³-hybridized carbons (Fsp3) is 0.677. The van der Waals surface area contributed by atoms with E-state index >= 15 is 0 Å². The van der Waals surface area contributed by atoms with Gasteiger partial charge in [0.1, 0.15) is 13.2 Å². The van der Waals surface area contributed by atoms with Crippen LogP contribution in [0.1, 0.15) is 265 Å². The van der Waals surface area contributed by atoms with Crippen molar-refractivity contribution in [2.45, 2.75) is 271 Å². The minimum atomic E-state index is -0.803. The van der Waals surface area contributed by atoms with Gasteiger partial charge in [-0.3, -0.25) is 14.4 Å². The second-order valence-corrected chi connectivity index (χ2v) is 19.4. The Kier molecular flexibility index (Phi) is 55.4. The SMILES string of the molecule is CC\C=C/C=C\C=C/C=C\C=C\C=C/C=C\CCCCCC(=O)OCC(COC(=O)CCCCCCCC/C=C\C=C/CCCCC)OC(=O)CCCCCCCCCCCCCCCCCCCCC. The number of carbonyl (C=O) groups excluding carboxylic acids is 3. The van der Waals surface area contributed by atoms with Crippen LogP contribution >= 0.6 is 0 Å². The molecule has 1 atom stereocenters. The van der Waals surface area contributed by atoms with Crippen LogP contribution in [0.15, 0.2) is 109 Å². The molecule has 0 aliphatic carbocycles. The molecule has 0 aromatic carbocycles. The van der Waals surface area contributed by atoms with Crippen molar-refractivity contribution in [2.75, 3.05) is 13.2 Å². The molecule has 0 saturated carbocycles. The molecular weight excluding hydrogens is 877 g/mol. The molecule has 0 aromatic heterocycles. The molecule has 0 rings (SSSR count). The Labute approximate surface area is 438 Å². The van der Waals surface area contributed by atoms with Crippen LogP contribution in [-0.4, -0.2) is 37.2 Å². The molecule has 0 spiro atoms. The third kappa shape index (κ3) is 56.9. The van der Waals surface area contributed by atoms with Gasteiger partial charge in [0, 0.05) is 19.3 Å². The predicted molar refractivity (Wildman–Crippen MR) is 307 cm³/mol. The molecule has 0 aromatic rings. The molecule has 0 aliphatic rings. The molecule has 0 saturated heterocycles. The van der Waals surface area contributed by atoms with Crippen molar-refractivity contribution in [3.05, 3.63) is 109 Å². The van der Waals surface area contributed by atoms with Crippen LogP contribution in [0.25, 0.3) is 0 Å². The van der Waals surface area contributed by atoms with Crippen molar-refractivity contribution in [1.82, 2.24) is 0 Å². The predicted octanol–water partition coefficient (Wildman–Crippen LogP) is 19.9. The van der Waals surface area contributed by atoms with E-state index < -0.39 is 6.10 Å². The number of hydrogen-bond donors (Lipinski definition) is 0. The maximum Gasteiger partial charge on any atom is 0.306 e. The van der Waals surface area contributed by atoms with E-state index in [1.165, 1.54) is 148 Å². The van der Waals surface area contributed by atoms with Gasteiger partial charge >= 0.3 is 17.9 Å². The molecule has 0 bridgehead atoms. The fourth-order valence-electron chi connectivity index (χ4n) is 8.06. The number of unbranched alkanes of at least 4 members (excludes halogenated alkanes) is 30. The molecule has 6 heteroatoms. The largest absolute Gasteiger partial charge is 0.462 e. The molecule has 0 fully saturated rings. The second kappa shape index (κ2) is 58.6. The fourth-order valence-corrected chi connectivity index (χ4v) is 8.06. The van der Waals surface area contributed by atoms with E-state index in [1.54, 1.807) is 0 Å². The monoisotopic (exact) mass is 985 g/mol. The first kappa shape index (κ1) is 67.1. The van der Waals surface area contributed by atoms with Crippen LogP contribution in [-0.2, 0) is 28.6 Å². The Hall–Kier alpha value is -3.93. The summed E-state index contributed by atoms with van der Waals surface area (Å²) in [4.78, 5) is 38.2. The summed E-state index contributed by atoms with van der Waals surface area (Å²) in [6.07, 6.45) is 79.3. The van der Waals surface area contributed by atoms with Gasteiger partial charge in [-0.05, 0) is 64.2 Å². The van der Waals surface area contributed by atoms with E-state index in [2.05, 4.69) is 57.2 Å². The lowest BCUT2D eigenvalue weighted by Crippen LogP contribution is -2.30. The minimum absolute atomic E-state index is 0.0989. The van der Waals surface area contributed by atoms with Crippen molar-refractivity contribution < 1.29 is 28.6 Å². The number of ether oxygens (including phenoxy) is 3. The highest BCUT2D eigenvalue weighted by Crippen LogP contribution is 2.16. The standard InChI is InChI=1S/C65H108O6/c1-4-7-10-13-16-19-22-25-28-30-32-34-37-40-43-46-49-52-55-58-64(67)70-61-62(60-69-63(66)57-54-51-48-45-42-39-36-27-24-21-18-15-12-9-6-3)71-65(68)59-56-53-50-47-44-41-38-35-33-31-29-26-23-20-17-14-11-8-5-2/h7,10,13,16,18-19,21-22,24-25,27-28,30,32,34,37,40,43,62H,4-6,8-9,11-12,14-15,17,20,23,26,29,31,33,35-36,38-39,41-42,44-61H2,1-3H3/b10-7-,16-13-,21-18-,22-19-,27-24-,28-25-,32-30+,37-34-,43-40-. The van der Waals surface area contributed by atoms with Crippen molar-refractivity contribution >= 4 is 17.9 Å². The summed E-state index contributed by atoms with van der Waals surface area (Å²) in [5.74, 6) is -0.950. The van der Waals surface area contributed by atoms with Gasteiger partial charge in [0.25, 0.3) is 0 Å². The minimum Gasteiger partial charge on any atom is -0.462 e. The highest BCUT2D eigenvalue weighted by atomic mass is 16.6. The van der Waals surface area contributed by atoms with Crippen molar-refractivity contribution in [2.24, 2.45) is 0 Å². The maximum absolute atomic E-state index is 12.9. The molecule has 6 nitrogen and oxygen atoms in total. The van der Waals surface area contributed by atoms with Gasteiger partial charge in [-0.15, -0.1) is 0 Å². The molecule has 0 aliphatic heterocycles. The second-order valence-electron chi connectivity index (χ2n) is 19.4. The van der Waals surface area contributed by atoms with Crippen LogP contribution in [0, 0.1) is 0 Å². The molecule has 0 heterocycles. The van der Waals surface area contributed by atoms with E-state index in [4.69, 9.17) is 14.2 Å². The average molecular weight is 986 g/mol. The van der Waals surface area contributed by atoms with Crippen molar-refractivity contribution in [3.63, 3.8) is 0 Å². The highest BCUT2D eigenvalue weighted by molar-refractivity contribution is 5.71. The zero-order valence-electron chi connectivity index (χ0n) is 46.2. The van der Waals surface area contributed by atoms with Crippen LogP contribution in [0.2, 0.25) is 0 Å². The normalized spacial score (nSPS) is 12.9. The van der Waals surface area contributed by atoms with Crippen LogP contribution in [0.4, 0.5) is 0 Å². The summed E-state index contributed by atoms with van der Waals surface area (Å²) in [6, 6.07) is 0. The number of esters is 3. The zero-order valence-corrected chi connectivity index (χ0v) is 46.2. The van der Waals surface area contributed by atoms with Gasteiger partial charge in [-0.25, -0.2) is 0 Å². The molecule has 0 N–H and O–H groups in total. The zero-order chi connectivity index (χ0) is 51.4. The van der Waals surface area contributed by atoms with Gasteiger partial charge in [-0.2, -0.15) is 0 Å². The van der Waals surface area contributed by atoms with E-state index in [9.17, 15) is 14.4 Å². The Morgan fingerprint density at radius 1 is 0.296 bits per heavy atom. The van der Waals surface area contributed by atoms with E-state index in [1.807, 2.05) is 72.9 Å². The first-order valence-corrected chi connectivity index (χ1v) is 29.5. The highest BCUT2D eigenvalue weighted by Gasteiger charge is 2.19. The van der Waals surface area contributed by atoms with Crippen molar-refractivity contribution in [3.8, 4) is 0 Å². The summed E-state index contributed by atoms with van der Waals surface area (Å²) in [5.41, 5.74) is 0. The van der Waals surface area contributed by atoms with E-state index in [-0.39, 0.29) is 31.1 Å². The lowest BCUT2D eigenvalue weighted by atomic mass is 10.0. The number of rotatable bonds is 52. The Morgan fingerprint density at radius 2 is 0.549 bits per heavy atom. The van der Waals surface area contributed by atoms with Gasteiger partial charge in [0.2, 0.25) is 0 Å². The van der Waals surface area contributed by atoms with Crippen LogP contribution in [0.3, 0.4) is 0 Å². The Balaban J connectivity index is 4.49. The van der Waals surface area contributed by atoms with Gasteiger partial charge < -0.3 is 14.2 Å². The lowest BCUT2D eigenvalue weighted by Gasteiger charge is -2.18. The van der Waals surface area contributed by atoms with Crippen LogP contribution < -0.4 is 0 Å². The smallest absolute Gasteiger partial charge is 0.306 e. The van der Waals surface area contributed by atoms with Gasteiger partial charge in [-0.1, -0.05) is 291 Å². The van der Waals surface area contributed by atoms with Crippen molar-refractivity contribution in [1.29, 1.82) is 0 Å². The van der Waals surface area contributed by atoms with Crippen LogP contribution in [0.5, 0.6) is 0 Å². The molecule has 0 amide bonds. The first-order chi connectivity index (χ1) is 35.0. The average Bonchev–Trinajstić information content (AvgIpc) is 3.37. The third-order valence-corrected chi connectivity index (χ3v) is 12.5. The van der Waals surface area contributed by atoms with Gasteiger partial charge in [0.05, 0.1) is 0 Å². The summed E-state index contributed by atoms with van der Waals surface area (Å²) < 4.78 is 16.8. The van der Waals surface area contributed by atoms with E-state index in [0.29, 0.717) is 19.3 Å². The molecule has 404 valence electrons. The summed E-state index contributed by atoms with van der Waals surface area (Å²) in [6.45, 7) is 6.43. The quantitative estimate of drug-likeness (QED) is 0.0261. The number of hydrogen-bond acceptors (Lipinski definition) is 6. The maximum atomic E-state index is 12.9. The topological polar surface area (TPSA) is 78.9 Å². The summed E-state index contributed by atoms with van der Waals surface area (Å²) >= 11 is 0. The summed E-state index contributed by atoms with van der Waals surface area (Å²) in [5, 5.41) is 0. The van der Waals surface area contributed by atoms with E-state index in [0.717, 1.165) is 77.0 Å². The molecule has 1 unspecified atom stereocenters. The Bertz CT molecular complexity index is 1460. The summed E-state index contributed by atoms with van der Waals surface area (Å²) in [7, 11) is 0. The molecule has 0 radical (unpaired) electrons. The Morgan fingerprint density at radius 3 is 0.915 bits per heavy atom.